The Kier molecular flexibility index (Phi) is 4.07. The van der Waals surface area contributed by atoms with Gasteiger partial charge in [-0.25, -0.2) is 0 Å². The summed E-state index contributed by atoms with van der Waals surface area (Å²) < 4.78 is 5.39. The second kappa shape index (κ2) is 5.59. The molecule has 2 aromatic heterocycles. The number of carbonyl (C=O) groups excluding carboxylic acids is 1. The monoisotopic (exact) mass is 279 g/mol. The highest BCUT2D eigenvalue weighted by Crippen LogP contribution is 2.22. The smallest absolute Gasteiger partial charge is 0.225 e. The van der Waals surface area contributed by atoms with E-state index < -0.39 is 5.60 Å². The Morgan fingerprint density at radius 3 is 2.84 bits per heavy atom. The predicted molar refractivity (Wildman–Crippen MR) is 74.0 cm³/mol. The van der Waals surface area contributed by atoms with Crippen LogP contribution >= 0.6 is 11.3 Å². The van der Waals surface area contributed by atoms with Gasteiger partial charge in [0.05, 0.1) is 13.0 Å². The largest absolute Gasteiger partial charge is 0.463 e. The summed E-state index contributed by atoms with van der Waals surface area (Å²) in [5.41, 5.74) is -1.20. The Bertz CT molecular complexity index is 543. The van der Waals surface area contributed by atoms with Crippen molar-refractivity contribution in [1.82, 2.24) is 5.32 Å². The number of hydrogen-bond acceptors (Lipinski definition) is 4. The number of aryl methyl sites for hydroxylation is 1. The van der Waals surface area contributed by atoms with E-state index in [9.17, 15) is 9.90 Å². The summed E-state index contributed by atoms with van der Waals surface area (Å²) in [7, 11) is 0. The highest BCUT2D eigenvalue weighted by molar-refractivity contribution is 7.10. The maximum absolute atomic E-state index is 11.7. The van der Waals surface area contributed by atoms with Crippen LogP contribution in [0.25, 0.3) is 0 Å². The highest BCUT2D eigenvalue weighted by Gasteiger charge is 2.27. The van der Waals surface area contributed by atoms with Crippen molar-refractivity contribution < 1.29 is 14.3 Å². The van der Waals surface area contributed by atoms with Crippen LogP contribution in [0.5, 0.6) is 0 Å². The van der Waals surface area contributed by atoms with Gasteiger partial charge in [0.1, 0.15) is 17.1 Å². The fourth-order valence-electron chi connectivity index (χ4n) is 1.72. The van der Waals surface area contributed by atoms with Gasteiger partial charge in [0.25, 0.3) is 0 Å². The zero-order chi connectivity index (χ0) is 13.9. The number of carbonyl (C=O) groups is 1. The van der Waals surface area contributed by atoms with Crippen LogP contribution in [0.1, 0.15) is 23.3 Å². The van der Waals surface area contributed by atoms with E-state index in [4.69, 9.17) is 4.42 Å². The standard InChI is InChI=1S/C14H17NO3S/c1-10-5-6-12(18-10)14(2,17)9-15-13(16)8-11-4-3-7-19-11/h3-7,17H,8-9H2,1-2H3,(H,15,16)/t14-/m0/s1. The second-order valence-corrected chi connectivity index (χ2v) is 5.75. The topological polar surface area (TPSA) is 62.5 Å². The minimum Gasteiger partial charge on any atom is -0.463 e. The van der Waals surface area contributed by atoms with E-state index in [-0.39, 0.29) is 12.5 Å². The van der Waals surface area contributed by atoms with Crippen LogP contribution in [0.15, 0.2) is 34.1 Å². The third-order valence-corrected chi connectivity index (χ3v) is 3.69. The van der Waals surface area contributed by atoms with Crippen LogP contribution < -0.4 is 5.32 Å². The van der Waals surface area contributed by atoms with Gasteiger partial charge in [-0.1, -0.05) is 6.07 Å². The molecule has 0 saturated heterocycles. The van der Waals surface area contributed by atoms with Gasteiger partial charge < -0.3 is 14.8 Å². The Hall–Kier alpha value is -1.59. The molecule has 0 aliphatic carbocycles. The summed E-state index contributed by atoms with van der Waals surface area (Å²) >= 11 is 1.54. The molecule has 0 aliphatic rings. The molecule has 2 rings (SSSR count). The molecule has 0 aromatic carbocycles. The number of furan rings is 1. The molecule has 2 heterocycles. The van der Waals surface area contributed by atoms with Crippen LogP contribution in [0.2, 0.25) is 0 Å². The third-order valence-electron chi connectivity index (χ3n) is 2.82. The van der Waals surface area contributed by atoms with E-state index in [1.54, 1.807) is 30.4 Å². The van der Waals surface area contributed by atoms with Crippen LogP contribution in [0, 0.1) is 6.92 Å². The molecule has 102 valence electrons. The third kappa shape index (κ3) is 3.68. The van der Waals surface area contributed by atoms with E-state index in [0.717, 1.165) is 10.6 Å². The fraction of sp³-hybridized carbons (Fsp3) is 0.357. The molecule has 4 nitrogen and oxygen atoms in total. The maximum Gasteiger partial charge on any atom is 0.225 e. The van der Waals surface area contributed by atoms with E-state index in [1.807, 2.05) is 24.4 Å². The van der Waals surface area contributed by atoms with Crippen LogP contribution in [-0.2, 0) is 16.8 Å². The van der Waals surface area contributed by atoms with Gasteiger partial charge in [0.15, 0.2) is 0 Å². The Labute approximate surface area is 116 Å². The number of rotatable bonds is 5. The number of amides is 1. The first-order chi connectivity index (χ1) is 8.97. The molecular formula is C14H17NO3S. The Morgan fingerprint density at radius 1 is 1.47 bits per heavy atom. The fourth-order valence-corrected chi connectivity index (χ4v) is 2.42. The van der Waals surface area contributed by atoms with Crippen LogP contribution in [0.4, 0.5) is 0 Å². The molecule has 0 fully saturated rings. The first kappa shape index (κ1) is 13.8. The van der Waals surface area contributed by atoms with E-state index >= 15 is 0 Å². The van der Waals surface area contributed by atoms with Gasteiger partial charge in [-0.2, -0.15) is 0 Å². The maximum atomic E-state index is 11.7. The van der Waals surface area contributed by atoms with Crippen molar-refractivity contribution in [2.45, 2.75) is 25.9 Å². The Balaban J connectivity index is 1.89. The number of hydrogen-bond donors (Lipinski definition) is 2. The van der Waals surface area contributed by atoms with Crippen LogP contribution in [-0.4, -0.2) is 17.6 Å². The molecule has 19 heavy (non-hydrogen) atoms. The van der Waals surface area contributed by atoms with E-state index in [0.29, 0.717) is 12.2 Å². The quantitative estimate of drug-likeness (QED) is 0.882. The van der Waals surface area contributed by atoms with Crippen LogP contribution in [0.3, 0.4) is 0 Å². The zero-order valence-corrected chi connectivity index (χ0v) is 11.8. The lowest BCUT2D eigenvalue weighted by Gasteiger charge is -2.21. The zero-order valence-electron chi connectivity index (χ0n) is 11.0. The molecule has 5 heteroatoms. The number of nitrogens with one attached hydrogen (secondary N) is 1. The summed E-state index contributed by atoms with van der Waals surface area (Å²) in [6, 6.07) is 7.34. The minimum atomic E-state index is -1.20. The molecule has 1 atom stereocenters. The van der Waals surface area contributed by atoms with Crippen molar-refractivity contribution >= 4 is 17.2 Å². The van der Waals surface area contributed by atoms with Gasteiger partial charge >= 0.3 is 0 Å². The van der Waals surface area contributed by atoms with Gasteiger partial charge in [0, 0.05) is 4.88 Å². The van der Waals surface area contributed by atoms with Crippen molar-refractivity contribution in [3.05, 3.63) is 46.0 Å². The van der Waals surface area contributed by atoms with Gasteiger partial charge in [-0.05, 0) is 37.4 Å². The van der Waals surface area contributed by atoms with Crippen molar-refractivity contribution in [2.24, 2.45) is 0 Å². The van der Waals surface area contributed by atoms with Gasteiger partial charge in [-0.15, -0.1) is 11.3 Å². The first-order valence-corrected chi connectivity index (χ1v) is 6.94. The lowest BCUT2D eigenvalue weighted by atomic mass is 10.0. The predicted octanol–water partition coefficient (Wildman–Crippen LogP) is 2.22. The molecule has 1 amide bonds. The summed E-state index contributed by atoms with van der Waals surface area (Å²) in [5, 5.41) is 14.9. The SMILES string of the molecule is Cc1ccc([C@@](C)(O)CNC(=O)Cc2cccs2)o1. The van der Waals surface area contributed by atoms with Gasteiger partial charge in [0.2, 0.25) is 5.91 Å². The molecule has 2 N–H and O–H groups in total. The van der Waals surface area contributed by atoms with Gasteiger partial charge in [-0.3, -0.25) is 4.79 Å². The normalized spacial score (nSPS) is 14.1. The van der Waals surface area contributed by atoms with Crippen molar-refractivity contribution in [3.8, 4) is 0 Å². The molecular weight excluding hydrogens is 262 g/mol. The van der Waals surface area contributed by atoms with Crippen molar-refractivity contribution in [1.29, 1.82) is 0 Å². The van der Waals surface area contributed by atoms with Crippen molar-refractivity contribution in [3.63, 3.8) is 0 Å². The molecule has 0 spiro atoms. The van der Waals surface area contributed by atoms with E-state index in [2.05, 4.69) is 5.32 Å². The lowest BCUT2D eigenvalue weighted by molar-refractivity contribution is -0.121. The molecule has 0 bridgehead atoms. The lowest BCUT2D eigenvalue weighted by Crippen LogP contribution is -2.38. The average Bonchev–Trinajstić information content (AvgIpc) is 2.98. The molecule has 2 aromatic rings. The number of aliphatic hydroxyl groups is 1. The molecule has 0 aliphatic heterocycles. The molecule has 0 unspecified atom stereocenters. The average molecular weight is 279 g/mol. The van der Waals surface area contributed by atoms with E-state index in [1.165, 1.54) is 0 Å². The summed E-state index contributed by atoms with van der Waals surface area (Å²) in [6.45, 7) is 3.57. The minimum absolute atomic E-state index is 0.106. The van der Waals surface area contributed by atoms with Crippen molar-refractivity contribution in [2.75, 3.05) is 6.54 Å². The summed E-state index contributed by atoms with van der Waals surface area (Å²) in [4.78, 5) is 12.8. The molecule has 0 saturated carbocycles. The number of thiophene rings is 1. The Morgan fingerprint density at radius 2 is 2.26 bits per heavy atom. The first-order valence-electron chi connectivity index (χ1n) is 6.06. The second-order valence-electron chi connectivity index (χ2n) is 4.72. The highest BCUT2D eigenvalue weighted by atomic mass is 32.1. The molecule has 0 radical (unpaired) electrons. The summed E-state index contributed by atoms with van der Waals surface area (Å²) in [6.07, 6.45) is 0.338. The summed E-state index contributed by atoms with van der Waals surface area (Å²) in [5.74, 6) is 1.09.